The molecule has 5 rings (SSSR count). The summed E-state index contributed by atoms with van der Waals surface area (Å²) in [5.74, 6) is -11.4. The first-order valence-corrected chi connectivity index (χ1v) is 18.8. The van der Waals surface area contributed by atoms with Crippen LogP contribution in [0, 0.1) is 23.2 Å². The van der Waals surface area contributed by atoms with Gasteiger partial charge in [-0.05, 0) is 37.6 Å². The van der Waals surface area contributed by atoms with Gasteiger partial charge in [0.25, 0.3) is 0 Å². The molecule has 14 unspecified atom stereocenters. The number of carbonyl (C=O) groups is 6. The number of methoxy groups -OCH3 is 1. The summed E-state index contributed by atoms with van der Waals surface area (Å²) in [6.45, 7) is 4.41. The number of aliphatic hydroxyl groups excluding tert-OH is 4. The molecule has 1 aromatic carbocycles. The van der Waals surface area contributed by atoms with Crippen LogP contribution in [-0.4, -0.2) is 159 Å². The van der Waals surface area contributed by atoms with Crippen molar-refractivity contribution in [2.75, 3.05) is 20.3 Å². The molecule has 7 N–H and O–H groups in total. The molecule has 4 aliphatic rings. The van der Waals surface area contributed by atoms with Gasteiger partial charge in [0.1, 0.15) is 42.2 Å². The van der Waals surface area contributed by atoms with E-state index in [-0.39, 0.29) is 11.3 Å². The van der Waals surface area contributed by atoms with E-state index in [1.807, 2.05) is 0 Å². The molecule has 0 amide bonds. The number of hydrogen-bond donors (Lipinski definition) is 7. The second kappa shape index (κ2) is 18.3. The van der Waals surface area contributed by atoms with E-state index in [4.69, 9.17) is 42.6 Å². The summed E-state index contributed by atoms with van der Waals surface area (Å²) in [4.78, 5) is 78.1. The first-order chi connectivity index (χ1) is 28.5. The van der Waals surface area contributed by atoms with Crippen molar-refractivity contribution < 1.29 is 107 Å². The minimum Gasteiger partial charge on any atom is -0.504 e. The van der Waals surface area contributed by atoms with Gasteiger partial charge < -0.3 is 78.4 Å². The Balaban J connectivity index is 1.34. The summed E-state index contributed by atoms with van der Waals surface area (Å²) < 4.78 is 48.9. The molecule has 3 heterocycles. The lowest BCUT2D eigenvalue weighted by molar-refractivity contribution is -0.347. The van der Waals surface area contributed by atoms with E-state index in [2.05, 4.69) is 0 Å². The average molecular weight is 869 g/mol. The third kappa shape index (κ3) is 9.44. The van der Waals surface area contributed by atoms with Gasteiger partial charge in [0.2, 0.25) is 12.4 Å². The maximum atomic E-state index is 13.5. The number of phenolic OH excluding ortho intramolecular Hbond substituents is 2. The van der Waals surface area contributed by atoms with E-state index in [9.17, 15) is 64.5 Å². The molecule has 1 saturated carbocycles. The molecule has 0 bridgehead atoms. The van der Waals surface area contributed by atoms with Crippen LogP contribution < -0.4 is 0 Å². The Morgan fingerprint density at radius 2 is 1.61 bits per heavy atom. The van der Waals surface area contributed by atoms with Gasteiger partial charge in [0.05, 0.1) is 42.8 Å². The van der Waals surface area contributed by atoms with Crippen LogP contribution in [0.3, 0.4) is 0 Å². The summed E-state index contributed by atoms with van der Waals surface area (Å²) in [7, 11) is 1.01. The first kappa shape index (κ1) is 46.7. The largest absolute Gasteiger partial charge is 0.504 e. The highest BCUT2D eigenvalue weighted by Crippen LogP contribution is 2.52. The van der Waals surface area contributed by atoms with Gasteiger partial charge >= 0.3 is 35.8 Å². The lowest BCUT2D eigenvalue weighted by atomic mass is 9.73. The molecule has 336 valence electrons. The predicted molar refractivity (Wildman–Crippen MR) is 195 cm³/mol. The third-order valence-corrected chi connectivity index (χ3v) is 11.0. The molecule has 1 aliphatic carbocycles. The van der Waals surface area contributed by atoms with Crippen LogP contribution >= 0.6 is 0 Å². The van der Waals surface area contributed by atoms with Gasteiger partial charge in [-0.2, -0.15) is 0 Å². The summed E-state index contributed by atoms with van der Waals surface area (Å²) in [5, 5.41) is 72.0. The van der Waals surface area contributed by atoms with Crippen LogP contribution in [-0.2, 0) is 71.4 Å². The van der Waals surface area contributed by atoms with Crippen molar-refractivity contribution in [1.29, 1.82) is 0 Å². The standard InChI is InChI=1S/C39H48O22/c1-15-30(59-22(44)10-8-17-7-9-19(42)20(43)11-17)38(3,4)32(60-33(15)49)35(51)54-14-23(45)58-29-24-18(34(50)53-6)13-55-36(25(24)39(5,52)31(29)56-16(2)41)61-37-28(48)27(47)26(46)21(12-40)57-37/h7-11,13,15,21,24-32,36-37,40,42-43,46-48,52H,12,14H2,1-6H3. The van der Waals surface area contributed by atoms with Crippen molar-refractivity contribution in [2.24, 2.45) is 23.2 Å². The van der Waals surface area contributed by atoms with Crippen molar-refractivity contribution in [1.82, 2.24) is 0 Å². The van der Waals surface area contributed by atoms with Crippen molar-refractivity contribution >= 4 is 41.9 Å². The number of aromatic hydroxyl groups is 2. The second-order valence-electron chi connectivity index (χ2n) is 15.6. The number of hydrogen-bond acceptors (Lipinski definition) is 22. The highest BCUT2D eigenvalue weighted by Gasteiger charge is 2.68. The van der Waals surface area contributed by atoms with Crippen LogP contribution in [0.2, 0.25) is 0 Å². The smallest absolute Gasteiger partial charge is 0.348 e. The van der Waals surface area contributed by atoms with E-state index in [1.54, 1.807) is 0 Å². The van der Waals surface area contributed by atoms with Crippen LogP contribution in [0.4, 0.5) is 0 Å². The SMILES string of the molecule is COC(=O)C1=COC(OC2OC(CO)C(O)C(O)C2O)C2C1C(OC(=O)COC(=O)C1OC(=O)C(C)C(OC(=O)C=Cc3ccc(O)c(O)c3)C1(C)C)C(OC(C)=O)C2(C)O. The van der Waals surface area contributed by atoms with Gasteiger partial charge in [-0.1, -0.05) is 19.9 Å². The van der Waals surface area contributed by atoms with E-state index >= 15 is 0 Å². The van der Waals surface area contributed by atoms with Crippen LogP contribution in [0.5, 0.6) is 11.5 Å². The number of phenols is 2. The van der Waals surface area contributed by atoms with E-state index in [0.29, 0.717) is 5.56 Å². The number of cyclic esters (lactones) is 1. The summed E-state index contributed by atoms with van der Waals surface area (Å²) in [6, 6.07) is 3.79. The Labute approximate surface area is 347 Å². The monoisotopic (exact) mass is 868 g/mol. The predicted octanol–water partition coefficient (Wildman–Crippen LogP) is -1.78. The summed E-state index contributed by atoms with van der Waals surface area (Å²) in [6.07, 6.45) is -14.0. The number of fused-ring (bicyclic) bond motifs is 1. The molecule has 22 nitrogen and oxygen atoms in total. The number of aliphatic hydroxyl groups is 5. The van der Waals surface area contributed by atoms with Gasteiger partial charge in [0.15, 0.2) is 30.5 Å². The first-order valence-electron chi connectivity index (χ1n) is 18.8. The van der Waals surface area contributed by atoms with Gasteiger partial charge in [-0.25, -0.2) is 19.2 Å². The number of benzene rings is 1. The number of esters is 6. The lowest BCUT2D eigenvalue weighted by Crippen LogP contribution is -2.61. The van der Waals surface area contributed by atoms with Crippen LogP contribution in [0.15, 0.2) is 36.1 Å². The molecule has 1 aromatic rings. The molecule has 0 aromatic heterocycles. The molecule has 61 heavy (non-hydrogen) atoms. The van der Waals surface area contributed by atoms with Crippen molar-refractivity contribution in [3.8, 4) is 11.5 Å². The Morgan fingerprint density at radius 3 is 2.23 bits per heavy atom. The van der Waals surface area contributed by atoms with Crippen LogP contribution in [0.1, 0.15) is 40.2 Å². The normalized spacial score (nSPS) is 35.4. The van der Waals surface area contributed by atoms with Gasteiger partial charge in [-0.15, -0.1) is 0 Å². The number of ether oxygens (including phenoxy) is 9. The Morgan fingerprint density at radius 1 is 0.918 bits per heavy atom. The van der Waals surface area contributed by atoms with E-state index in [1.165, 1.54) is 45.0 Å². The topological polar surface area (TPSA) is 327 Å². The molecule has 0 radical (unpaired) electrons. The van der Waals surface area contributed by atoms with Crippen molar-refractivity contribution in [3.63, 3.8) is 0 Å². The Hall–Kier alpha value is -5.36. The molecular weight excluding hydrogens is 820 g/mol. The van der Waals surface area contributed by atoms with Gasteiger partial charge in [-0.3, -0.25) is 9.59 Å². The molecule has 14 atom stereocenters. The van der Waals surface area contributed by atoms with Crippen LogP contribution in [0.25, 0.3) is 6.08 Å². The van der Waals surface area contributed by atoms with E-state index < -0.39 is 145 Å². The lowest BCUT2D eigenvalue weighted by Gasteiger charge is -2.44. The minimum atomic E-state index is -2.31. The Kier molecular flexibility index (Phi) is 14.0. The number of rotatable bonds is 12. The van der Waals surface area contributed by atoms with Crippen molar-refractivity contribution in [2.45, 2.75) is 102 Å². The van der Waals surface area contributed by atoms with E-state index in [0.717, 1.165) is 33.3 Å². The molecule has 3 fully saturated rings. The maximum Gasteiger partial charge on any atom is 0.348 e. The number of carbonyl (C=O) groups excluding carboxylic acids is 6. The highest BCUT2D eigenvalue weighted by molar-refractivity contribution is 5.90. The fraction of sp³-hybridized carbons (Fsp3) is 0.590. The quantitative estimate of drug-likeness (QED) is 0.0529. The third-order valence-electron chi connectivity index (χ3n) is 11.0. The molecule has 0 spiro atoms. The molecule has 3 aliphatic heterocycles. The minimum absolute atomic E-state index is 0.322. The molecule has 2 saturated heterocycles. The second-order valence-corrected chi connectivity index (χ2v) is 15.6. The highest BCUT2D eigenvalue weighted by atomic mass is 16.8. The van der Waals surface area contributed by atoms with Gasteiger partial charge in [0, 0.05) is 18.9 Å². The average Bonchev–Trinajstić information content (AvgIpc) is 3.41. The zero-order valence-electron chi connectivity index (χ0n) is 33.6. The molecule has 22 heteroatoms. The molecular formula is C39H48O22. The zero-order valence-corrected chi connectivity index (χ0v) is 33.6. The fourth-order valence-corrected chi connectivity index (χ4v) is 7.89. The maximum absolute atomic E-state index is 13.5. The van der Waals surface area contributed by atoms with Crippen molar-refractivity contribution in [3.05, 3.63) is 41.7 Å². The summed E-state index contributed by atoms with van der Waals surface area (Å²) in [5.41, 5.74) is -3.81. The zero-order chi connectivity index (χ0) is 45.3. The fourth-order valence-electron chi connectivity index (χ4n) is 7.89. The summed E-state index contributed by atoms with van der Waals surface area (Å²) >= 11 is 0. The Bertz CT molecular complexity index is 1920.